The molecule has 2 amide bonds. The highest BCUT2D eigenvalue weighted by atomic mass is 16.5. The van der Waals surface area contributed by atoms with Crippen LogP contribution in [0.3, 0.4) is 0 Å². The van der Waals surface area contributed by atoms with Crippen molar-refractivity contribution < 1.29 is 29.0 Å². The molecule has 0 radical (unpaired) electrons. The Morgan fingerprint density at radius 2 is 1.65 bits per heavy atom. The van der Waals surface area contributed by atoms with Crippen molar-refractivity contribution in [2.45, 2.75) is 12.0 Å². The first-order valence-electron chi connectivity index (χ1n) is 10.1. The van der Waals surface area contributed by atoms with Gasteiger partial charge in [0.2, 0.25) is 5.91 Å². The van der Waals surface area contributed by atoms with Crippen molar-refractivity contribution in [1.82, 2.24) is 10.2 Å². The minimum Gasteiger partial charge on any atom is -0.481 e. The third-order valence-electron chi connectivity index (χ3n) is 5.81. The summed E-state index contributed by atoms with van der Waals surface area (Å²) in [5.74, 6) is -1.97. The van der Waals surface area contributed by atoms with E-state index in [1.165, 1.54) is 12.0 Å². The van der Waals surface area contributed by atoms with Crippen molar-refractivity contribution in [3.63, 3.8) is 0 Å². The van der Waals surface area contributed by atoms with Crippen LogP contribution in [0.4, 0.5) is 4.79 Å². The highest BCUT2D eigenvalue weighted by Crippen LogP contribution is 2.44. The quantitative estimate of drug-likeness (QED) is 0.705. The number of carboxylic acids is 1. The number of alkyl carbamates (subject to hydrolysis) is 1. The zero-order chi connectivity index (χ0) is 22.0. The molecule has 8 nitrogen and oxygen atoms in total. The Kier molecular flexibility index (Phi) is 5.90. The number of benzene rings is 2. The van der Waals surface area contributed by atoms with E-state index >= 15 is 0 Å². The monoisotopic (exact) mass is 424 g/mol. The van der Waals surface area contributed by atoms with Crippen LogP contribution in [-0.2, 0) is 19.1 Å². The van der Waals surface area contributed by atoms with Crippen LogP contribution < -0.4 is 5.32 Å². The van der Waals surface area contributed by atoms with E-state index in [9.17, 15) is 14.4 Å². The average Bonchev–Trinajstić information content (AvgIpc) is 3.04. The summed E-state index contributed by atoms with van der Waals surface area (Å²) in [5.41, 5.74) is 4.46. The summed E-state index contributed by atoms with van der Waals surface area (Å²) in [5, 5.41) is 11.5. The van der Waals surface area contributed by atoms with Crippen LogP contribution in [0.5, 0.6) is 0 Å². The summed E-state index contributed by atoms with van der Waals surface area (Å²) in [6.45, 7) is 0.358. The molecule has 0 aromatic heterocycles. The molecule has 2 aliphatic rings. The standard InChI is InChI=1S/C23H24N2O6/c1-30-13-20(21(26)25-10-14(11-25)22(27)28)24-23(29)31-12-19-17-8-4-2-6-15(17)16-7-3-5-9-18(16)19/h2-9,14,19-20H,10-13H2,1H3,(H,24,29)(H,27,28). The Hall–Kier alpha value is -3.39. The molecule has 162 valence electrons. The van der Waals surface area contributed by atoms with Crippen LogP contribution in [0.2, 0.25) is 0 Å². The van der Waals surface area contributed by atoms with Gasteiger partial charge in [0.15, 0.2) is 0 Å². The van der Waals surface area contributed by atoms with E-state index in [0.717, 1.165) is 22.3 Å². The Morgan fingerprint density at radius 3 is 2.19 bits per heavy atom. The number of fused-ring (bicyclic) bond motifs is 3. The average molecular weight is 424 g/mol. The molecule has 0 spiro atoms. The van der Waals surface area contributed by atoms with Crippen molar-refractivity contribution in [2.75, 3.05) is 33.4 Å². The summed E-state index contributed by atoms with van der Waals surface area (Å²) < 4.78 is 10.5. The normalized spacial score (nSPS) is 16.1. The van der Waals surface area contributed by atoms with Gasteiger partial charge in [-0.1, -0.05) is 48.5 Å². The lowest BCUT2D eigenvalue weighted by atomic mass is 9.98. The highest BCUT2D eigenvalue weighted by molar-refractivity contribution is 5.88. The number of carboxylic acid groups (broad SMARTS) is 1. The summed E-state index contributed by atoms with van der Waals surface area (Å²) in [7, 11) is 1.43. The SMILES string of the molecule is COCC(NC(=O)OCC1c2ccccc2-c2ccccc21)C(=O)N1CC(C(=O)O)C1. The van der Waals surface area contributed by atoms with Crippen LogP contribution in [-0.4, -0.2) is 67.4 Å². The number of amides is 2. The third kappa shape index (κ3) is 4.11. The number of rotatable bonds is 7. The van der Waals surface area contributed by atoms with Crippen molar-refractivity contribution in [1.29, 1.82) is 0 Å². The lowest BCUT2D eigenvalue weighted by molar-refractivity contribution is -0.154. The van der Waals surface area contributed by atoms with Gasteiger partial charge in [-0.2, -0.15) is 0 Å². The molecule has 4 rings (SSSR count). The molecule has 2 aromatic rings. The molecule has 1 aliphatic heterocycles. The Bertz CT molecular complexity index is 956. The molecule has 1 aliphatic carbocycles. The lowest BCUT2D eigenvalue weighted by Crippen LogP contribution is -2.59. The minimum absolute atomic E-state index is 0.0305. The summed E-state index contributed by atoms with van der Waals surface area (Å²) in [4.78, 5) is 37.4. The number of aliphatic carboxylic acids is 1. The van der Waals surface area contributed by atoms with E-state index in [4.69, 9.17) is 14.6 Å². The molecule has 1 unspecified atom stereocenters. The van der Waals surface area contributed by atoms with Crippen LogP contribution in [0.1, 0.15) is 17.0 Å². The number of hydrogen-bond acceptors (Lipinski definition) is 5. The molecule has 8 heteroatoms. The minimum atomic E-state index is -0.935. The smallest absolute Gasteiger partial charge is 0.407 e. The molecule has 1 atom stereocenters. The van der Waals surface area contributed by atoms with Crippen LogP contribution in [0.25, 0.3) is 11.1 Å². The molecule has 2 aromatic carbocycles. The molecule has 1 saturated heterocycles. The summed E-state index contributed by atoms with van der Waals surface area (Å²) in [6.07, 6.45) is -0.715. The Labute approximate surface area is 179 Å². The number of likely N-dealkylation sites (tertiary alicyclic amines) is 1. The summed E-state index contributed by atoms with van der Waals surface area (Å²) >= 11 is 0. The van der Waals surface area contributed by atoms with Gasteiger partial charge < -0.3 is 24.8 Å². The molecule has 1 fully saturated rings. The zero-order valence-corrected chi connectivity index (χ0v) is 17.1. The van der Waals surface area contributed by atoms with Gasteiger partial charge in [0.1, 0.15) is 12.6 Å². The highest BCUT2D eigenvalue weighted by Gasteiger charge is 2.39. The maximum atomic E-state index is 12.6. The van der Waals surface area contributed by atoms with Gasteiger partial charge in [-0.05, 0) is 22.3 Å². The second-order valence-corrected chi connectivity index (χ2v) is 7.76. The van der Waals surface area contributed by atoms with Crippen LogP contribution in [0, 0.1) is 5.92 Å². The Balaban J connectivity index is 1.38. The van der Waals surface area contributed by atoms with E-state index < -0.39 is 24.0 Å². The van der Waals surface area contributed by atoms with Crippen molar-refractivity contribution in [2.24, 2.45) is 5.92 Å². The zero-order valence-electron chi connectivity index (χ0n) is 17.1. The third-order valence-corrected chi connectivity index (χ3v) is 5.81. The maximum absolute atomic E-state index is 12.6. The fourth-order valence-electron chi connectivity index (χ4n) is 4.16. The topological polar surface area (TPSA) is 105 Å². The predicted molar refractivity (Wildman–Crippen MR) is 112 cm³/mol. The van der Waals surface area contributed by atoms with E-state index in [1.54, 1.807) is 0 Å². The number of methoxy groups -OCH3 is 1. The number of nitrogens with one attached hydrogen (secondary N) is 1. The molecule has 1 heterocycles. The predicted octanol–water partition coefficient (Wildman–Crippen LogP) is 2.08. The number of hydrogen-bond donors (Lipinski definition) is 2. The molecule has 0 saturated carbocycles. The first kappa shape index (κ1) is 20.9. The molecule has 2 N–H and O–H groups in total. The van der Waals surface area contributed by atoms with E-state index in [2.05, 4.69) is 17.4 Å². The van der Waals surface area contributed by atoms with Crippen molar-refractivity contribution in [3.8, 4) is 11.1 Å². The number of nitrogens with zero attached hydrogens (tertiary/aromatic N) is 1. The second-order valence-electron chi connectivity index (χ2n) is 7.76. The first-order chi connectivity index (χ1) is 15.0. The summed E-state index contributed by atoms with van der Waals surface area (Å²) in [6, 6.07) is 15.1. The van der Waals surface area contributed by atoms with Gasteiger partial charge in [-0.15, -0.1) is 0 Å². The lowest BCUT2D eigenvalue weighted by Gasteiger charge is -2.38. The van der Waals surface area contributed by atoms with Gasteiger partial charge in [-0.3, -0.25) is 9.59 Å². The largest absolute Gasteiger partial charge is 0.481 e. The van der Waals surface area contributed by atoms with Gasteiger partial charge >= 0.3 is 12.1 Å². The van der Waals surface area contributed by atoms with E-state index in [0.29, 0.717) is 0 Å². The molecular formula is C23H24N2O6. The molecule has 31 heavy (non-hydrogen) atoms. The number of carbonyl (C=O) groups is 3. The molecule has 0 bridgehead atoms. The van der Waals surface area contributed by atoms with Gasteiger partial charge in [0, 0.05) is 26.1 Å². The first-order valence-corrected chi connectivity index (χ1v) is 10.1. The van der Waals surface area contributed by atoms with Crippen LogP contribution in [0.15, 0.2) is 48.5 Å². The van der Waals surface area contributed by atoms with Crippen molar-refractivity contribution >= 4 is 18.0 Å². The fourth-order valence-corrected chi connectivity index (χ4v) is 4.16. The second kappa shape index (κ2) is 8.77. The number of ether oxygens (including phenoxy) is 2. The molecular weight excluding hydrogens is 400 g/mol. The van der Waals surface area contributed by atoms with Crippen molar-refractivity contribution in [3.05, 3.63) is 59.7 Å². The fraction of sp³-hybridized carbons (Fsp3) is 0.348. The van der Waals surface area contributed by atoms with Gasteiger partial charge in [-0.25, -0.2) is 4.79 Å². The van der Waals surface area contributed by atoms with E-state index in [-0.39, 0.29) is 38.1 Å². The maximum Gasteiger partial charge on any atom is 0.407 e. The Morgan fingerprint density at radius 1 is 1.06 bits per heavy atom. The van der Waals surface area contributed by atoms with Gasteiger partial charge in [0.25, 0.3) is 0 Å². The van der Waals surface area contributed by atoms with Crippen LogP contribution >= 0.6 is 0 Å². The van der Waals surface area contributed by atoms with Gasteiger partial charge in [0.05, 0.1) is 12.5 Å². The van der Waals surface area contributed by atoms with E-state index in [1.807, 2.05) is 36.4 Å². The number of carbonyl (C=O) groups excluding carboxylic acids is 2.